The third-order valence-electron chi connectivity index (χ3n) is 3.85. The number of aliphatic imine (C=N–C) groups is 1. The van der Waals surface area contributed by atoms with Gasteiger partial charge in [-0.05, 0) is 19.1 Å². The van der Waals surface area contributed by atoms with Gasteiger partial charge in [-0.2, -0.15) is 0 Å². The molecule has 1 aliphatic heterocycles. The number of benzene rings is 2. The predicted molar refractivity (Wildman–Crippen MR) is 98.0 cm³/mol. The molecule has 0 fully saturated rings. The molecular weight excluding hydrogens is 361 g/mol. The van der Waals surface area contributed by atoms with E-state index in [2.05, 4.69) is 15.6 Å². The molecule has 2 N–H and O–H groups in total. The summed E-state index contributed by atoms with van der Waals surface area (Å²) < 4.78 is 0. The van der Waals surface area contributed by atoms with Crippen LogP contribution in [0.2, 0.25) is 0 Å². The Kier molecular flexibility index (Phi) is 4.79. The molecule has 128 valence electrons. The fraction of sp³-hybridized carbons (Fsp3) is 0.167. The van der Waals surface area contributed by atoms with Crippen LogP contribution in [-0.2, 0) is 4.79 Å². The zero-order chi connectivity index (χ0) is 18.0. The van der Waals surface area contributed by atoms with Gasteiger partial charge in [-0.3, -0.25) is 9.59 Å². The summed E-state index contributed by atoms with van der Waals surface area (Å²) in [6, 6.07) is 15.9. The third-order valence-corrected chi connectivity index (χ3v) is 4.48. The molecule has 2 aromatic rings. The number of aryl methyl sites for hydroxylation is 1. The van der Waals surface area contributed by atoms with Crippen molar-refractivity contribution in [3.63, 3.8) is 0 Å². The first-order valence-corrected chi connectivity index (χ1v) is 8.44. The zero-order valence-corrected chi connectivity index (χ0v) is 14.8. The van der Waals surface area contributed by atoms with Gasteiger partial charge >= 0.3 is 0 Å². The molecule has 1 unspecified atom stereocenters. The van der Waals surface area contributed by atoms with Gasteiger partial charge in [-0.15, -0.1) is 0 Å². The molecule has 0 aromatic heterocycles. The summed E-state index contributed by atoms with van der Waals surface area (Å²) in [5, 5.41) is 5.21. The van der Waals surface area contributed by atoms with E-state index < -0.39 is 22.3 Å². The molecule has 1 atom stereocenters. The number of carbonyl (C=O) groups is 2. The van der Waals surface area contributed by atoms with E-state index in [1.54, 1.807) is 30.3 Å². The maximum atomic E-state index is 12.5. The first-order valence-electron chi connectivity index (χ1n) is 7.56. The summed E-state index contributed by atoms with van der Waals surface area (Å²) in [5.74, 6) is -0.761. The van der Waals surface area contributed by atoms with Crippen LogP contribution in [0.3, 0.4) is 0 Å². The molecule has 0 spiro atoms. The van der Waals surface area contributed by atoms with Crippen LogP contribution in [0.25, 0.3) is 0 Å². The third kappa shape index (κ3) is 3.38. The van der Waals surface area contributed by atoms with Crippen LogP contribution < -0.4 is 10.6 Å². The van der Waals surface area contributed by atoms with E-state index in [1.807, 2.05) is 31.2 Å². The minimum Gasteiger partial charge on any atom is -0.318 e. The highest BCUT2D eigenvalue weighted by molar-refractivity contribution is 6.47. The van der Waals surface area contributed by atoms with Crippen LogP contribution >= 0.6 is 23.2 Å². The second-order valence-electron chi connectivity index (χ2n) is 5.67. The van der Waals surface area contributed by atoms with Crippen molar-refractivity contribution in [1.82, 2.24) is 10.6 Å². The highest BCUT2D eigenvalue weighted by Gasteiger charge is 2.50. The average molecular weight is 376 g/mol. The lowest BCUT2D eigenvalue weighted by Gasteiger charge is -2.25. The lowest BCUT2D eigenvalue weighted by molar-refractivity contribution is -0.124. The number of halogens is 2. The Morgan fingerprint density at radius 1 is 1.12 bits per heavy atom. The molecule has 5 nitrogen and oxygen atoms in total. The van der Waals surface area contributed by atoms with Gasteiger partial charge in [0.2, 0.25) is 5.66 Å². The zero-order valence-electron chi connectivity index (χ0n) is 13.3. The van der Waals surface area contributed by atoms with Gasteiger partial charge in [0.15, 0.2) is 4.84 Å². The van der Waals surface area contributed by atoms with Crippen LogP contribution in [0, 0.1) is 6.92 Å². The van der Waals surface area contributed by atoms with E-state index in [-0.39, 0.29) is 0 Å². The van der Waals surface area contributed by atoms with E-state index in [0.29, 0.717) is 17.0 Å². The number of hydrogen-bond acceptors (Lipinski definition) is 3. The number of nitrogens with zero attached hydrogens (tertiary/aromatic N) is 1. The molecule has 0 aliphatic carbocycles. The first kappa shape index (κ1) is 17.5. The molecule has 3 rings (SSSR count). The summed E-state index contributed by atoms with van der Waals surface area (Å²) in [6.07, 6.45) is 0. The average Bonchev–Trinajstić information content (AvgIpc) is 2.94. The number of rotatable bonds is 4. The SMILES string of the molecule is Cc1ccc(C2=NC(NC(=O)c3ccccc3)(C(Cl)Cl)C(=O)N2)cc1. The number of amidine groups is 1. The normalized spacial score (nSPS) is 19.5. The quantitative estimate of drug-likeness (QED) is 0.806. The Hall–Kier alpha value is -2.37. The van der Waals surface area contributed by atoms with Crippen molar-refractivity contribution < 1.29 is 9.59 Å². The fourth-order valence-electron chi connectivity index (χ4n) is 2.43. The van der Waals surface area contributed by atoms with Gasteiger partial charge in [0.05, 0.1) is 0 Å². The fourth-order valence-corrected chi connectivity index (χ4v) is 2.83. The molecule has 2 aromatic carbocycles. The van der Waals surface area contributed by atoms with Gasteiger partial charge < -0.3 is 10.6 Å². The molecule has 0 radical (unpaired) electrons. The van der Waals surface area contributed by atoms with Crippen molar-refractivity contribution in [3.8, 4) is 0 Å². The van der Waals surface area contributed by atoms with Crippen molar-refractivity contribution in [3.05, 3.63) is 71.3 Å². The Labute approximate surface area is 155 Å². The molecular formula is C18H15Cl2N3O2. The second kappa shape index (κ2) is 6.86. The molecule has 1 heterocycles. The van der Waals surface area contributed by atoms with E-state index in [1.165, 1.54) is 0 Å². The Morgan fingerprint density at radius 2 is 1.76 bits per heavy atom. The van der Waals surface area contributed by atoms with Gasteiger partial charge in [-0.25, -0.2) is 4.99 Å². The Bertz CT molecular complexity index is 835. The number of nitrogens with one attached hydrogen (secondary N) is 2. The van der Waals surface area contributed by atoms with Crippen LogP contribution in [0.5, 0.6) is 0 Å². The summed E-state index contributed by atoms with van der Waals surface area (Å²) in [6.45, 7) is 1.96. The van der Waals surface area contributed by atoms with Gasteiger partial charge in [0.25, 0.3) is 11.8 Å². The topological polar surface area (TPSA) is 70.6 Å². The van der Waals surface area contributed by atoms with E-state index in [0.717, 1.165) is 5.56 Å². The predicted octanol–water partition coefficient (Wildman–Crippen LogP) is 2.80. The van der Waals surface area contributed by atoms with E-state index in [9.17, 15) is 9.59 Å². The van der Waals surface area contributed by atoms with Crippen molar-refractivity contribution in [1.29, 1.82) is 0 Å². The molecule has 2 amide bonds. The lowest BCUT2D eigenvalue weighted by Crippen LogP contribution is -2.58. The molecule has 0 saturated heterocycles. The van der Waals surface area contributed by atoms with Crippen LogP contribution in [0.4, 0.5) is 0 Å². The van der Waals surface area contributed by atoms with Gasteiger partial charge in [0.1, 0.15) is 5.84 Å². The number of hydrogen-bond donors (Lipinski definition) is 2. The van der Waals surface area contributed by atoms with Crippen LogP contribution in [0.1, 0.15) is 21.5 Å². The smallest absolute Gasteiger partial charge is 0.277 e. The van der Waals surface area contributed by atoms with E-state index >= 15 is 0 Å². The van der Waals surface area contributed by atoms with E-state index in [4.69, 9.17) is 23.2 Å². The van der Waals surface area contributed by atoms with Crippen molar-refractivity contribution in [2.24, 2.45) is 4.99 Å². The number of carbonyl (C=O) groups excluding carboxylic acids is 2. The van der Waals surface area contributed by atoms with Crippen molar-refractivity contribution in [2.75, 3.05) is 0 Å². The second-order valence-corrected chi connectivity index (χ2v) is 6.76. The minimum absolute atomic E-state index is 0.310. The minimum atomic E-state index is -1.78. The van der Waals surface area contributed by atoms with Gasteiger partial charge in [0, 0.05) is 11.1 Å². The maximum Gasteiger partial charge on any atom is 0.277 e. The maximum absolute atomic E-state index is 12.5. The number of alkyl halides is 2. The summed E-state index contributed by atoms with van der Waals surface area (Å²) in [7, 11) is 0. The molecule has 1 aliphatic rings. The molecule has 25 heavy (non-hydrogen) atoms. The summed E-state index contributed by atoms with van der Waals surface area (Å²) in [4.78, 5) is 28.1. The molecule has 7 heteroatoms. The highest BCUT2D eigenvalue weighted by atomic mass is 35.5. The highest BCUT2D eigenvalue weighted by Crippen LogP contribution is 2.28. The number of amides is 2. The molecule has 0 saturated carbocycles. The summed E-state index contributed by atoms with van der Waals surface area (Å²) >= 11 is 12.1. The largest absolute Gasteiger partial charge is 0.318 e. The summed E-state index contributed by atoms with van der Waals surface area (Å²) in [5.41, 5.74) is 0.368. The van der Waals surface area contributed by atoms with Gasteiger partial charge in [-0.1, -0.05) is 71.2 Å². The first-order chi connectivity index (χ1) is 11.9. The van der Waals surface area contributed by atoms with Crippen LogP contribution in [-0.4, -0.2) is 28.1 Å². The molecule has 0 bridgehead atoms. The lowest BCUT2D eigenvalue weighted by atomic mass is 10.1. The standard InChI is InChI=1S/C18H15Cl2N3O2/c1-11-7-9-12(10-8-11)14-21-17(25)18(22-14,16(19)20)23-15(24)13-5-3-2-4-6-13/h2-10,16H,1H3,(H,23,24)(H,21,22,25). The van der Waals surface area contributed by atoms with Crippen LogP contribution in [0.15, 0.2) is 59.6 Å². The van der Waals surface area contributed by atoms with Crippen molar-refractivity contribution >= 4 is 40.9 Å². The monoisotopic (exact) mass is 375 g/mol. The Balaban J connectivity index is 1.95. The Morgan fingerprint density at radius 3 is 2.36 bits per heavy atom. The van der Waals surface area contributed by atoms with Crippen molar-refractivity contribution in [2.45, 2.75) is 17.4 Å².